The van der Waals surface area contributed by atoms with Crippen molar-refractivity contribution in [2.75, 3.05) is 19.7 Å². The molecule has 1 aliphatic heterocycles. The smallest absolute Gasteiger partial charge is 0.165 e. The van der Waals surface area contributed by atoms with Crippen LogP contribution in [-0.4, -0.2) is 42.5 Å². The Bertz CT molecular complexity index is 236. The van der Waals surface area contributed by atoms with E-state index < -0.39 is 0 Å². The van der Waals surface area contributed by atoms with Gasteiger partial charge in [0.05, 0.1) is 6.61 Å². The largest absolute Gasteiger partial charge is 0.368 e. The molecule has 15 heavy (non-hydrogen) atoms. The van der Waals surface area contributed by atoms with E-state index in [0.29, 0.717) is 24.3 Å². The molecule has 0 aromatic heterocycles. The first kappa shape index (κ1) is 11.1. The number of hydrogen-bond donors (Lipinski definition) is 0. The lowest BCUT2D eigenvalue weighted by Crippen LogP contribution is -2.50. The molecule has 0 radical (unpaired) electrons. The molecule has 1 saturated carbocycles. The van der Waals surface area contributed by atoms with Crippen LogP contribution >= 0.6 is 0 Å². The molecule has 1 aliphatic carbocycles. The molecule has 0 aromatic carbocycles. The summed E-state index contributed by atoms with van der Waals surface area (Å²) < 4.78 is 5.59. The van der Waals surface area contributed by atoms with Crippen molar-refractivity contribution in [3.63, 3.8) is 0 Å². The van der Waals surface area contributed by atoms with Crippen molar-refractivity contribution in [2.24, 2.45) is 5.92 Å². The molecule has 0 N–H and O–H groups in total. The highest BCUT2D eigenvalue weighted by atomic mass is 16.5. The molecule has 0 spiro atoms. The van der Waals surface area contributed by atoms with Gasteiger partial charge in [0, 0.05) is 25.0 Å². The quantitative estimate of drug-likeness (QED) is 0.708. The molecular formula is C12H21NO2. The zero-order chi connectivity index (χ0) is 10.8. The Hall–Kier alpha value is -0.410. The van der Waals surface area contributed by atoms with Crippen LogP contribution in [0.3, 0.4) is 0 Å². The van der Waals surface area contributed by atoms with Gasteiger partial charge in [-0.2, -0.15) is 0 Å². The minimum atomic E-state index is -0.147. The Balaban J connectivity index is 1.88. The van der Waals surface area contributed by atoms with Crippen LogP contribution in [0.25, 0.3) is 0 Å². The molecule has 2 fully saturated rings. The molecule has 1 atom stereocenters. The van der Waals surface area contributed by atoms with Gasteiger partial charge in [-0.15, -0.1) is 0 Å². The van der Waals surface area contributed by atoms with Crippen LogP contribution in [0.15, 0.2) is 0 Å². The van der Waals surface area contributed by atoms with Crippen molar-refractivity contribution in [2.45, 2.75) is 45.3 Å². The highest BCUT2D eigenvalue weighted by Gasteiger charge is 2.34. The average molecular weight is 211 g/mol. The van der Waals surface area contributed by atoms with Gasteiger partial charge in [0.15, 0.2) is 5.78 Å². The summed E-state index contributed by atoms with van der Waals surface area (Å²) in [6.45, 7) is 6.83. The topological polar surface area (TPSA) is 29.5 Å². The SMILES string of the molecule is CC(C)N1CCOC(C(=O)C2CCC2)C1. The summed E-state index contributed by atoms with van der Waals surface area (Å²) in [6, 6.07) is 0.519. The van der Waals surface area contributed by atoms with Crippen molar-refractivity contribution in [1.82, 2.24) is 4.90 Å². The molecule has 0 bridgehead atoms. The fourth-order valence-corrected chi connectivity index (χ4v) is 2.27. The number of hydrogen-bond acceptors (Lipinski definition) is 3. The fraction of sp³-hybridized carbons (Fsp3) is 0.917. The van der Waals surface area contributed by atoms with Crippen molar-refractivity contribution in [3.8, 4) is 0 Å². The Morgan fingerprint density at radius 3 is 2.67 bits per heavy atom. The van der Waals surface area contributed by atoms with E-state index in [4.69, 9.17) is 4.74 Å². The van der Waals surface area contributed by atoms with Crippen LogP contribution in [0.2, 0.25) is 0 Å². The first-order chi connectivity index (χ1) is 7.18. The van der Waals surface area contributed by atoms with Gasteiger partial charge in [-0.05, 0) is 26.7 Å². The number of morpholine rings is 1. The molecule has 3 heteroatoms. The lowest BCUT2D eigenvalue weighted by atomic mass is 9.80. The van der Waals surface area contributed by atoms with E-state index in [1.807, 2.05) is 0 Å². The summed E-state index contributed by atoms with van der Waals surface area (Å²) in [4.78, 5) is 14.3. The zero-order valence-corrected chi connectivity index (χ0v) is 9.74. The van der Waals surface area contributed by atoms with Crippen molar-refractivity contribution in [3.05, 3.63) is 0 Å². The molecule has 1 unspecified atom stereocenters. The maximum atomic E-state index is 12.0. The number of Topliss-reactive ketones (excluding diaryl/α,β-unsaturated/α-hetero) is 1. The van der Waals surface area contributed by atoms with Crippen LogP contribution in [0.5, 0.6) is 0 Å². The standard InChI is InChI=1S/C12H21NO2/c1-9(2)13-6-7-15-11(8-13)12(14)10-4-3-5-10/h9-11H,3-8H2,1-2H3. The van der Waals surface area contributed by atoms with Gasteiger partial charge in [-0.1, -0.05) is 6.42 Å². The summed E-state index contributed by atoms with van der Waals surface area (Å²) in [5.41, 5.74) is 0. The van der Waals surface area contributed by atoms with Gasteiger partial charge >= 0.3 is 0 Å². The number of rotatable bonds is 3. The molecule has 2 rings (SSSR count). The minimum Gasteiger partial charge on any atom is -0.368 e. The van der Waals surface area contributed by atoms with Gasteiger partial charge in [0.25, 0.3) is 0 Å². The third kappa shape index (κ3) is 2.40. The van der Waals surface area contributed by atoms with Crippen LogP contribution in [-0.2, 0) is 9.53 Å². The molecule has 86 valence electrons. The van der Waals surface area contributed by atoms with Crippen LogP contribution in [0.1, 0.15) is 33.1 Å². The van der Waals surface area contributed by atoms with E-state index in [2.05, 4.69) is 18.7 Å². The van der Waals surface area contributed by atoms with Crippen molar-refractivity contribution in [1.29, 1.82) is 0 Å². The Labute approximate surface area is 91.8 Å². The summed E-state index contributed by atoms with van der Waals surface area (Å²) >= 11 is 0. The maximum Gasteiger partial charge on any atom is 0.165 e. The average Bonchev–Trinajstić information content (AvgIpc) is 2.15. The van der Waals surface area contributed by atoms with E-state index >= 15 is 0 Å². The van der Waals surface area contributed by atoms with Gasteiger partial charge < -0.3 is 4.74 Å². The summed E-state index contributed by atoms with van der Waals surface area (Å²) in [5, 5.41) is 0. The Morgan fingerprint density at radius 1 is 1.40 bits per heavy atom. The normalized spacial score (nSPS) is 29.1. The Kier molecular flexibility index (Phi) is 3.42. The first-order valence-corrected chi connectivity index (χ1v) is 6.08. The fourth-order valence-electron chi connectivity index (χ4n) is 2.27. The molecule has 2 aliphatic rings. The predicted molar refractivity (Wildman–Crippen MR) is 58.8 cm³/mol. The van der Waals surface area contributed by atoms with Crippen molar-refractivity contribution >= 4 is 5.78 Å². The lowest BCUT2D eigenvalue weighted by Gasteiger charge is -2.37. The summed E-state index contributed by atoms with van der Waals surface area (Å²) in [7, 11) is 0. The van der Waals surface area contributed by atoms with Gasteiger partial charge in [0.2, 0.25) is 0 Å². The second kappa shape index (κ2) is 4.62. The molecule has 1 heterocycles. The monoisotopic (exact) mass is 211 g/mol. The third-order valence-electron chi connectivity index (χ3n) is 3.65. The predicted octanol–water partition coefficient (Wildman–Crippen LogP) is 1.46. The maximum absolute atomic E-state index is 12.0. The highest BCUT2D eigenvalue weighted by molar-refractivity contribution is 5.86. The van der Waals surface area contributed by atoms with Crippen LogP contribution in [0.4, 0.5) is 0 Å². The highest BCUT2D eigenvalue weighted by Crippen LogP contribution is 2.29. The van der Waals surface area contributed by atoms with E-state index in [1.54, 1.807) is 0 Å². The van der Waals surface area contributed by atoms with Gasteiger partial charge in [0.1, 0.15) is 6.10 Å². The van der Waals surface area contributed by atoms with E-state index in [0.717, 1.165) is 25.9 Å². The number of ketones is 1. The van der Waals surface area contributed by atoms with Gasteiger partial charge in [-0.25, -0.2) is 0 Å². The van der Waals surface area contributed by atoms with Crippen LogP contribution in [0, 0.1) is 5.92 Å². The summed E-state index contributed by atoms with van der Waals surface area (Å²) in [6.07, 6.45) is 3.24. The molecule has 0 aromatic rings. The molecule has 0 amide bonds. The van der Waals surface area contributed by atoms with E-state index in [-0.39, 0.29) is 6.10 Å². The number of carbonyl (C=O) groups is 1. The Morgan fingerprint density at radius 2 is 2.13 bits per heavy atom. The number of nitrogens with zero attached hydrogens (tertiary/aromatic N) is 1. The van der Waals surface area contributed by atoms with Crippen LogP contribution < -0.4 is 0 Å². The van der Waals surface area contributed by atoms with E-state index in [9.17, 15) is 4.79 Å². The zero-order valence-electron chi connectivity index (χ0n) is 9.74. The minimum absolute atomic E-state index is 0.147. The lowest BCUT2D eigenvalue weighted by molar-refractivity contribution is -0.143. The van der Waals surface area contributed by atoms with E-state index in [1.165, 1.54) is 6.42 Å². The summed E-state index contributed by atoms with van der Waals surface area (Å²) in [5.74, 6) is 0.661. The first-order valence-electron chi connectivity index (χ1n) is 6.08. The second-order valence-electron chi connectivity index (χ2n) is 4.98. The second-order valence-corrected chi connectivity index (χ2v) is 4.98. The third-order valence-corrected chi connectivity index (χ3v) is 3.65. The number of carbonyl (C=O) groups excluding carboxylic acids is 1. The van der Waals surface area contributed by atoms with Gasteiger partial charge in [-0.3, -0.25) is 9.69 Å². The molecule has 3 nitrogen and oxygen atoms in total. The molecular weight excluding hydrogens is 190 g/mol. The number of ether oxygens (including phenoxy) is 1. The van der Waals surface area contributed by atoms with Crippen molar-refractivity contribution < 1.29 is 9.53 Å². The molecule has 1 saturated heterocycles.